The molecule has 554 valence electrons. The van der Waals surface area contributed by atoms with Crippen molar-refractivity contribution in [3.8, 4) is 0 Å². The number of amides is 14. The molecule has 14 amide bonds. The Labute approximate surface area is 593 Å². The maximum Gasteiger partial charge on any atom is 0.303 e. The average Bonchev–Trinajstić information content (AvgIpc) is 1.69. The Morgan fingerprint density at radius 3 is 1.57 bits per heavy atom. The van der Waals surface area contributed by atoms with E-state index in [0.29, 0.717) is 30.4 Å². The fourth-order valence-electron chi connectivity index (χ4n) is 12.2. The average molecular weight is 1430 g/mol. The van der Waals surface area contributed by atoms with Crippen molar-refractivity contribution in [1.29, 1.82) is 0 Å². The molecule has 32 heteroatoms. The number of para-hydroxylation sites is 1. The van der Waals surface area contributed by atoms with Crippen LogP contribution in [0.2, 0.25) is 0 Å². The number of rotatable bonds is 39. The van der Waals surface area contributed by atoms with Gasteiger partial charge in [0, 0.05) is 68.5 Å². The lowest BCUT2D eigenvalue weighted by Crippen LogP contribution is -2.61. The largest absolute Gasteiger partial charge is 0.481 e. The molecule has 2 fully saturated rings. The Balaban J connectivity index is 1.33. The number of carbonyl (C=O) groups excluding carboxylic acids is 14. The van der Waals surface area contributed by atoms with Gasteiger partial charge >= 0.3 is 5.97 Å². The second-order valence-electron chi connectivity index (χ2n) is 26.9. The van der Waals surface area contributed by atoms with Gasteiger partial charge in [0.1, 0.15) is 72.5 Å². The molecule has 0 saturated carbocycles. The van der Waals surface area contributed by atoms with Crippen LogP contribution in [0.4, 0.5) is 0 Å². The summed E-state index contributed by atoms with van der Waals surface area (Å²) in [4.78, 5) is 211. The molecule has 31 nitrogen and oxygen atoms in total. The van der Waals surface area contributed by atoms with Gasteiger partial charge in [-0.3, -0.25) is 71.9 Å². The number of aromatic nitrogens is 1. The van der Waals surface area contributed by atoms with E-state index in [-0.39, 0.29) is 75.1 Å². The maximum atomic E-state index is 14.7. The van der Waals surface area contributed by atoms with Crippen molar-refractivity contribution in [3.63, 3.8) is 0 Å². The number of nitrogens with one attached hydrogen (secondary N) is 11. The molecule has 0 bridgehead atoms. The van der Waals surface area contributed by atoms with Gasteiger partial charge in [-0.2, -0.15) is 12.6 Å². The van der Waals surface area contributed by atoms with Gasteiger partial charge in [-0.25, -0.2) is 0 Å². The maximum absolute atomic E-state index is 14.7. The molecule has 0 aliphatic carbocycles. The molecular weight excluding hydrogens is 1330 g/mol. The Morgan fingerprint density at radius 2 is 1.03 bits per heavy atom. The number of likely N-dealkylation sites (tertiary alicyclic amines) is 2. The number of H-pyrrole nitrogens is 1. The molecule has 13 atom stereocenters. The van der Waals surface area contributed by atoms with Crippen molar-refractivity contribution in [2.75, 3.05) is 18.8 Å². The van der Waals surface area contributed by atoms with Gasteiger partial charge < -0.3 is 84.5 Å². The molecule has 5 rings (SSSR count). The van der Waals surface area contributed by atoms with E-state index in [4.69, 9.17) is 11.5 Å². The van der Waals surface area contributed by atoms with E-state index in [9.17, 15) is 77.0 Å². The minimum absolute atomic E-state index is 0.00876. The highest BCUT2D eigenvalue weighted by Gasteiger charge is 2.45. The van der Waals surface area contributed by atoms with Crippen LogP contribution in [0.5, 0.6) is 0 Å². The molecule has 2 saturated heterocycles. The van der Waals surface area contributed by atoms with Crippen molar-refractivity contribution in [2.45, 2.75) is 218 Å². The van der Waals surface area contributed by atoms with Crippen LogP contribution in [0, 0.1) is 17.8 Å². The number of hydrogen-bond donors (Lipinski definition) is 15. The smallest absolute Gasteiger partial charge is 0.303 e. The van der Waals surface area contributed by atoms with Gasteiger partial charge in [-0.1, -0.05) is 96.5 Å². The van der Waals surface area contributed by atoms with Crippen LogP contribution in [0.3, 0.4) is 0 Å². The summed E-state index contributed by atoms with van der Waals surface area (Å²) < 4.78 is 0. The molecule has 0 radical (unpaired) electrons. The van der Waals surface area contributed by atoms with Gasteiger partial charge in [0.15, 0.2) is 0 Å². The summed E-state index contributed by atoms with van der Waals surface area (Å²) in [7, 11) is 0. The molecule has 16 N–H and O–H groups in total. The van der Waals surface area contributed by atoms with Gasteiger partial charge in [0.25, 0.3) is 0 Å². The van der Waals surface area contributed by atoms with Crippen molar-refractivity contribution in [1.82, 2.24) is 68.0 Å². The van der Waals surface area contributed by atoms with Crippen LogP contribution in [-0.4, -0.2) is 200 Å². The summed E-state index contributed by atoms with van der Waals surface area (Å²) in [5.41, 5.74) is 13.2. The monoisotopic (exact) mass is 1430 g/mol. The lowest BCUT2D eigenvalue weighted by atomic mass is 9.97. The fourth-order valence-corrected chi connectivity index (χ4v) is 12.4. The third kappa shape index (κ3) is 24.9. The Morgan fingerprint density at radius 1 is 0.545 bits per heavy atom. The van der Waals surface area contributed by atoms with Crippen LogP contribution >= 0.6 is 12.6 Å². The van der Waals surface area contributed by atoms with Crippen LogP contribution in [0.25, 0.3) is 10.9 Å². The van der Waals surface area contributed by atoms with Crippen LogP contribution in [-0.2, 0) is 84.8 Å². The molecule has 2 aromatic carbocycles. The first-order valence-electron chi connectivity index (χ1n) is 34.3. The van der Waals surface area contributed by atoms with E-state index in [0.717, 1.165) is 10.9 Å². The van der Waals surface area contributed by atoms with Gasteiger partial charge in [-0.05, 0) is 100 Å². The van der Waals surface area contributed by atoms with Crippen LogP contribution < -0.4 is 64.6 Å². The summed E-state index contributed by atoms with van der Waals surface area (Å²) in [6.07, 6.45) is 1.06. The highest BCUT2D eigenvalue weighted by atomic mass is 32.1. The zero-order valence-electron chi connectivity index (χ0n) is 58.8. The van der Waals surface area contributed by atoms with Crippen molar-refractivity contribution in [3.05, 3.63) is 71.9 Å². The molecule has 1 aromatic heterocycles. The predicted octanol–water partition coefficient (Wildman–Crippen LogP) is -0.474. The van der Waals surface area contributed by atoms with Gasteiger partial charge in [-0.15, -0.1) is 0 Å². The minimum Gasteiger partial charge on any atom is -0.481 e. The molecule has 101 heavy (non-hydrogen) atoms. The second-order valence-corrected chi connectivity index (χ2v) is 27.2. The number of nitrogens with two attached hydrogens (primary N) is 2. The number of carboxylic acids is 1. The van der Waals surface area contributed by atoms with E-state index in [2.05, 4.69) is 70.8 Å². The van der Waals surface area contributed by atoms with Gasteiger partial charge in [0.05, 0.1) is 0 Å². The number of hydrogen-bond acceptors (Lipinski definition) is 16. The number of thiol groups is 1. The summed E-state index contributed by atoms with van der Waals surface area (Å²) in [6.45, 7) is 14.9. The van der Waals surface area contributed by atoms with E-state index < -0.39 is 187 Å². The first kappa shape index (κ1) is 82.1. The van der Waals surface area contributed by atoms with Crippen LogP contribution in [0.15, 0.2) is 60.8 Å². The number of fused-ring (bicyclic) bond motifs is 1. The van der Waals surface area contributed by atoms with Crippen LogP contribution in [0.1, 0.15) is 144 Å². The lowest BCUT2D eigenvalue weighted by Gasteiger charge is -2.33. The number of carboxylic acid groups (broad SMARTS) is 1. The minimum atomic E-state index is -1.73. The standard InChI is InChI=1S/C69H101N15O16S/c1-10-38(6)57(58(71)89)82-65(96)51(33-43-34-72-45-21-15-14-20-44(43)45)80-67(98)53-22-16-28-83(53)69(100)54-23-17-29-84(54)68(99)40(8)74-62(93)50(32-42-18-12-11-13-19-42)79-61(92)47(25-27-56(87)88)75-60(91)46(24-26-55(70)86)76-63(94)48(30-36(2)3)77-64(95)49(31-37(4)5)78-66(97)52(35-101)81-59(90)39(7)73-41(9)85/h11-15,18-21,34,36-40,46-54,57,72,101H,10,16-17,22-33,35H2,1-9H3,(H2,70,86)(H2,71,89)(H,73,85)(H,74,93)(H,75,91)(H,76,94)(H,77,95)(H,78,97)(H,79,92)(H,80,98)(H,81,90)(H,82,96)(H,87,88)/t38-,39-,40-,46-,47-,48-,49-,50-,51-,52-,53-,54-,57-/m0/s1. The number of carbonyl (C=O) groups is 15. The van der Waals surface area contributed by atoms with E-state index in [1.807, 2.05) is 31.2 Å². The molecular formula is C69H101N15O16S. The third-order valence-corrected chi connectivity index (χ3v) is 18.1. The molecule has 3 aromatic rings. The van der Waals surface area contributed by atoms with E-state index >= 15 is 0 Å². The van der Waals surface area contributed by atoms with Crippen molar-refractivity contribution >= 4 is 112 Å². The topological polar surface area (TPSA) is 471 Å². The second kappa shape index (κ2) is 39.4. The Kier molecular flexibility index (Phi) is 32.0. The molecule has 3 heterocycles. The Bertz CT molecular complexity index is 3460. The summed E-state index contributed by atoms with van der Waals surface area (Å²) in [5.74, 6) is -13.4. The predicted molar refractivity (Wildman–Crippen MR) is 375 cm³/mol. The van der Waals surface area contributed by atoms with E-state index in [1.165, 1.54) is 30.6 Å². The highest BCUT2D eigenvalue weighted by Crippen LogP contribution is 2.27. The lowest BCUT2D eigenvalue weighted by molar-refractivity contribution is -0.148. The molecule has 2 aliphatic heterocycles. The summed E-state index contributed by atoms with van der Waals surface area (Å²) >= 11 is 4.20. The summed E-state index contributed by atoms with van der Waals surface area (Å²) in [6, 6.07) is 0.162. The number of benzene rings is 2. The van der Waals surface area contributed by atoms with Crippen molar-refractivity contribution in [2.24, 2.45) is 29.2 Å². The number of primary amides is 2. The molecule has 0 unspecified atom stereocenters. The zero-order chi connectivity index (χ0) is 74.9. The first-order valence-corrected chi connectivity index (χ1v) is 35.0. The SMILES string of the molecule is CC[C@H](C)[C@H](NC(=O)[C@H](Cc1c[nH]c2ccccc12)NC(=O)[C@@H]1CCCN1C(=O)[C@@H]1CCCN1C(=O)[C@H](C)NC(=O)[C@H](Cc1ccccc1)NC(=O)[C@H](CCC(=O)O)NC(=O)[C@H](CCC(N)=O)NC(=O)[C@H](CC(C)C)NC(=O)[C@H](CC(C)C)NC(=O)[C@H](CS)NC(=O)[C@H](C)NC(C)=O)C(N)=O. The number of aromatic amines is 1. The fraction of sp³-hybridized carbons (Fsp3) is 0.580. The zero-order valence-corrected chi connectivity index (χ0v) is 59.7. The normalized spacial score (nSPS) is 17.6. The summed E-state index contributed by atoms with van der Waals surface area (Å²) in [5, 5.41) is 36.7. The number of aliphatic carboxylic acids is 1. The van der Waals surface area contributed by atoms with Crippen molar-refractivity contribution < 1.29 is 77.0 Å². The quantitative estimate of drug-likeness (QED) is 0.0321. The first-order chi connectivity index (χ1) is 47.7. The highest BCUT2D eigenvalue weighted by molar-refractivity contribution is 7.80. The molecule has 2 aliphatic rings. The number of nitrogens with zero attached hydrogens (tertiary/aromatic N) is 2. The van der Waals surface area contributed by atoms with Gasteiger partial charge in [0.2, 0.25) is 82.7 Å². The Hall–Kier alpha value is -9.62. The third-order valence-electron chi connectivity index (χ3n) is 17.8. The van der Waals surface area contributed by atoms with E-state index in [1.54, 1.807) is 71.1 Å². The molecule has 0 spiro atoms.